The summed E-state index contributed by atoms with van der Waals surface area (Å²) in [5.74, 6) is 3.69. The number of rotatable bonds is 5. The van der Waals surface area contributed by atoms with Crippen molar-refractivity contribution in [1.29, 1.82) is 0 Å². The van der Waals surface area contributed by atoms with Gasteiger partial charge in [0.15, 0.2) is 0 Å². The second-order valence-corrected chi connectivity index (χ2v) is 6.46. The minimum atomic E-state index is 0.675. The molecule has 0 aromatic carbocycles. The van der Waals surface area contributed by atoms with Gasteiger partial charge in [0.1, 0.15) is 0 Å². The van der Waals surface area contributed by atoms with E-state index in [1.165, 1.54) is 25.7 Å². The molecule has 0 spiro atoms. The molecule has 90 valence electrons. The molecule has 1 rings (SSSR count). The number of hydrogen-bond donors (Lipinski definition) is 0. The second-order valence-electron chi connectivity index (χ2n) is 6.46. The molecule has 0 radical (unpaired) electrons. The summed E-state index contributed by atoms with van der Waals surface area (Å²) >= 11 is 0. The second kappa shape index (κ2) is 4.89. The van der Waals surface area contributed by atoms with Gasteiger partial charge >= 0.3 is 0 Å². The van der Waals surface area contributed by atoms with E-state index in [0.29, 0.717) is 5.41 Å². The molecule has 0 heterocycles. The van der Waals surface area contributed by atoms with Crippen LogP contribution in [0.2, 0.25) is 0 Å². The van der Waals surface area contributed by atoms with E-state index in [0.717, 1.165) is 23.7 Å². The lowest BCUT2D eigenvalue weighted by Gasteiger charge is -2.57. The van der Waals surface area contributed by atoms with Crippen molar-refractivity contribution in [3.63, 3.8) is 0 Å². The van der Waals surface area contributed by atoms with Gasteiger partial charge in [0.2, 0.25) is 0 Å². The van der Waals surface area contributed by atoms with E-state index >= 15 is 0 Å². The molecule has 4 atom stereocenters. The summed E-state index contributed by atoms with van der Waals surface area (Å²) in [5, 5.41) is 0. The molecule has 0 N–H and O–H groups in total. The van der Waals surface area contributed by atoms with Crippen LogP contribution in [0, 0.1) is 29.1 Å². The molecule has 0 amide bonds. The van der Waals surface area contributed by atoms with Crippen LogP contribution in [0.4, 0.5) is 0 Å². The van der Waals surface area contributed by atoms with E-state index in [4.69, 9.17) is 0 Å². The van der Waals surface area contributed by atoms with E-state index < -0.39 is 0 Å². The van der Waals surface area contributed by atoms with Crippen LogP contribution >= 0.6 is 0 Å². The fraction of sp³-hybridized carbons (Fsp3) is 1.00. The van der Waals surface area contributed by atoms with Crippen LogP contribution in [0.5, 0.6) is 0 Å². The van der Waals surface area contributed by atoms with Crippen molar-refractivity contribution in [1.82, 2.24) is 0 Å². The monoisotopic (exact) mass is 210 g/mol. The summed E-state index contributed by atoms with van der Waals surface area (Å²) in [6, 6.07) is 0. The van der Waals surface area contributed by atoms with Crippen molar-refractivity contribution in [2.45, 2.75) is 67.2 Å². The van der Waals surface area contributed by atoms with Crippen LogP contribution in [0.25, 0.3) is 0 Å². The van der Waals surface area contributed by atoms with Crippen LogP contribution in [0.1, 0.15) is 67.2 Å². The van der Waals surface area contributed by atoms with Crippen LogP contribution < -0.4 is 0 Å². The first-order valence-electron chi connectivity index (χ1n) is 6.94. The zero-order chi connectivity index (χ0) is 11.6. The fourth-order valence-electron chi connectivity index (χ4n) is 3.88. The first-order valence-corrected chi connectivity index (χ1v) is 6.94. The van der Waals surface area contributed by atoms with Gasteiger partial charge in [0, 0.05) is 0 Å². The highest BCUT2D eigenvalue weighted by atomic mass is 14.6. The molecular formula is C15H30. The van der Waals surface area contributed by atoms with Crippen LogP contribution in [-0.2, 0) is 0 Å². The molecule has 15 heavy (non-hydrogen) atoms. The van der Waals surface area contributed by atoms with Crippen LogP contribution in [-0.4, -0.2) is 0 Å². The van der Waals surface area contributed by atoms with Gasteiger partial charge < -0.3 is 0 Å². The first kappa shape index (κ1) is 13.1. The average Bonchev–Trinajstić information content (AvgIpc) is 2.16. The van der Waals surface area contributed by atoms with Gasteiger partial charge in [0.05, 0.1) is 0 Å². The summed E-state index contributed by atoms with van der Waals surface area (Å²) in [4.78, 5) is 0. The molecule has 0 nitrogen and oxygen atoms in total. The Labute approximate surface area is 96.8 Å². The Hall–Kier alpha value is 0. The minimum absolute atomic E-state index is 0.675. The SMILES string of the molecule is CCCC(C)CC1(C(C)C)CC(C)C1C. The molecular weight excluding hydrogens is 180 g/mol. The van der Waals surface area contributed by atoms with E-state index in [1.807, 2.05) is 0 Å². The highest BCUT2D eigenvalue weighted by Gasteiger charge is 2.50. The van der Waals surface area contributed by atoms with Crippen molar-refractivity contribution in [2.75, 3.05) is 0 Å². The van der Waals surface area contributed by atoms with Crippen molar-refractivity contribution in [2.24, 2.45) is 29.1 Å². The highest BCUT2D eigenvalue weighted by molar-refractivity contribution is 4.99. The predicted molar refractivity (Wildman–Crippen MR) is 68.9 cm³/mol. The van der Waals surface area contributed by atoms with Gasteiger partial charge in [-0.05, 0) is 41.9 Å². The predicted octanol–water partition coefficient (Wildman–Crippen LogP) is 5.13. The zero-order valence-corrected chi connectivity index (χ0v) is 11.6. The third-order valence-corrected chi connectivity index (χ3v) is 5.12. The quantitative estimate of drug-likeness (QED) is 0.590. The maximum atomic E-state index is 2.48. The van der Waals surface area contributed by atoms with Crippen molar-refractivity contribution >= 4 is 0 Å². The molecule has 0 heteroatoms. The van der Waals surface area contributed by atoms with Crippen LogP contribution in [0.3, 0.4) is 0 Å². The Balaban J connectivity index is 2.60. The molecule has 1 aliphatic rings. The first-order chi connectivity index (χ1) is 6.94. The third-order valence-electron chi connectivity index (χ3n) is 5.12. The Morgan fingerprint density at radius 1 is 1.20 bits per heavy atom. The van der Waals surface area contributed by atoms with E-state index in [2.05, 4.69) is 41.5 Å². The normalized spacial score (nSPS) is 37.8. The smallest absolute Gasteiger partial charge is 0.0241 e. The third kappa shape index (κ3) is 2.40. The molecule has 1 saturated carbocycles. The average molecular weight is 210 g/mol. The number of hydrogen-bond acceptors (Lipinski definition) is 0. The summed E-state index contributed by atoms with van der Waals surface area (Å²) in [6.07, 6.45) is 5.69. The highest BCUT2D eigenvalue weighted by Crippen LogP contribution is 2.58. The summed E-state index contributed by atoms with van der Waals surface area (Å²) in [7, 11) is 0. The van der Waals surface area contributed by atoms with Crippen molar-refractivity contribution < 1.29 is 0 Å². The molecule has 1 fully saturated rings. The largest absolute Gasteiger partial charge is 0.0654 e. The molecule has 0 saturated heterocycles. The van der Waals surface area contributed by atoms with Gasteiger partial charge in [-0.2, -0.15) is 0 Å². The maximum Gasteiger partial charge on any atom is -0.0241 e. The Morgan fingerprint density at radius 3 is 2.13 bits per heavy atom. The Bertz CT molecular complexity index is 194. The molecule has 0 aliphatic heterocycles. The summed E-state index contributed by atoms with van der Waals surface area (Å²) in [5.41, 5.74) is 0.675. The zero-order valence-electron chi connectivity index (χ0n) is 11.6. The van der Waals surface area contributed by atoms with Gasteiger partial charge in [-0.3, -0.25) is 0 Å². The van der Waals surface area contributed by atoms with Gasteiger partial charge in [-0.1, -0.05) is 54.4 Å². The van der Waals surface area contributed by atoms with Crippen molar-refractivity contribution in [3.05, 3.63) is 0 Å². The molecule has 4 unspecified atom stereocenters. The summed E-state index contributed by atoms with van der Waals surface area (Å²) < 4.78 is 0. The lowest BCUT2D eigenvalue weighted by molar-refractivity contribution is -0.0798. The van der Waals surface area contributed by atoms with Gasteiger partial charge in [-0.25, -0.2) is 0 Å². The van der Waals surface area contributed by atoms with E-state index in [9.17, 15) is 0 Å². The minimum Gasteiger partial charge on any atom is -0.0654 e. The lowest BCUT2D eigenvalue weighted by atomic mass is 9.48. The molecule has 0 bridgehead atoms. The molecule has 0 aromatic rings. The van der Waals surface area contributed by atoms with Gasteiger partial charge in [0.25, 0.3) is 0 Å². The fourth-order valence-corrected chi connectivity index (χ4v) is 3.88. The van der Waals surface area contributed by atoms with E-state index in [-0.39, 0.29) is 0 Å². The molecule has 0 aromatic heterocycles. The maximum absolute atomic E-state index is 2.48. The van der Waals surface area contributed by atoms with E-state index in [1.54, 1.807) is 0 Å². The summed E-state index contributed by atoms with van der Waals surface area (Å²) in [6.45, 7) is 14.5. The topological polar surface area (TPSA) is 0 Å². The lowest BCUT2D eigenvalue weighted by Crippen LogP contribution is -2.49. The Kier molecular flexibility index (Phi) is 4.26. The van der Waals surface area contributed by atoms with Crippen molar-refractivity contribution in [3.8, 4) is 0 Å². The van der Waals surface area contributed by atoms with Crippen LogP contribution in [0.15, 0.2) is 0 Å². The van der Waals surface area contributed by atoms with Gasteiger partial charge in [-0.15, -0.1) is 0 Å². The Morgan fingerprint density at radius 2 is 1.80 bits per heavy atom. The molecule has 1 aliphatic carbocycles. The standard InChI is InChI=1S/C15H30/c1-7-8-12(4)9-15(11(2)3)10-13(5)14(15)6/h11-14H,7-10H2,1-6H3.